The molecule has 0 saturated heterocycles. The third-order valence-corrected chi connectivity index (χ3v) is 2.48. The van der Waals surface area contributed by atoms with Crippen molar-refractivity contribution in [1.82, 2.24) is 4.90 Å². The summed E-state index contributed by atoms with van der Waals surface area (Å²) < 4.78 is 5.05. The van der Waals surface area contributed by atoms with Crippen LogP contribution in [0.5, 0.6) is 0 Å². The molecule has 1 atom stereocenters. The first kappa shape index (κ1) is 15.9. The number of carbonyl (C=O) groups excluding carboxylic acids is 3. The van der Waals surface area contributed by atoms with E-state index in [0.717, 1.165) is 12.2 Å². The van der Waals surface area contributed by atoms with Crippen LogP contribution >= 0.6 is 0 Å². The second-order valence-electron chi connectivity index (χ2n) is 5.36. The van der Waals surface area contributed by atoms with Crippen LogP contribution in [0.2, 0.25) is 0 Å². The minimum atomic E-state index is -1.36. The average molecular weight is 283 g/mol. The van der Waals surface area contributed by atoms with E-state index in [1.807, 2.05) is 0 Å². The van der Waals surface area contributed by atoms with E-state index < -0.39 is 35.4 Å². The Bertz CT molecular complexity index is 456. The second-order valence-corrected chi connectivity index (χ2v) is 5.36. The van der Waals surface area contributed by atoms with E-state index in [1.165, 1.54) is 0 Å². The molecule has 0 fully saturated rings. The fourth-order valence-corrected chi connectivity index (χ4v) is 1.73. The van der Waals surface area contributed by atoms with Crippen molar-refractivity contribution in [2.75, 3.05) is 0 Å². The van der Waals surface area contributed by atoms with Crippen LogP contribution in [0.3, 0.4) is 0 Å². The van der Waals surface area contributed by atoms with Crippen LogP contribution in [0.4, 0.5) is 0 Å². The number of amides is 2. The quantitative estimate of drug-likeness (QED) is 0.582. The van der Waals surface area contributed by atoms with E-state index in [2.05, 4.69) is 0 Å². The van der Waals surface area contributed by atoms with Crippen LogP contribution in [0, 0.1) is 0 Å². The highest BCUT2D eigenvalue weighted by Gasteiger charge is 2.36. The van der Waals surface area contributed by atoms with Crippen LogP contribution < -0.4 is 0 Å². The monoisotopic (exact) mass is 283 g/mol. The van der Waals surface area contributed by atoms with Crippen LogP contribution in [0.1, 0.15) is 33.6 Å². The second kappa shape index (κ2) is 5.85. The van der Waals surface area contributed by atoms with Gasteiger partial charge in [-0.2, -0.15) is 0 Å². The summed E-state index contributed by atoms with van der Waals surface area (Å²) in [5, 5.41) is 9.09. The SMILES string of the molecule is CC(C)(C)OC(=O)CCC(C(=O)O)N1C(=O)C=CC1=O. The fraction of sp³-hybridized carbons (Fsp3) is 0.538. The summed E-state index contributed by atoms with van der Waals surface area (Å²) in [6.07, 6.45) is 1.65. The number of imide groups is 1. The van der Waals surface area contributed by atoms with Crippen molar-refractivity contribution in [1.29, 1.82) is 0 Å². The molecule has 1 aliphatic rings. The van der Waals surface area contributed by atoms with Gasteiger partial charge in [-0.1, -0.05) is 0 Å². The molecular formula is C13H17NO6. The number of esters is 1. The van der Waals surface area contributed by atoms with Gasteiger partial charge in [0.15, 0.2) is 0 Å². The smallest absolute Gasteiger partial charge is 0.326 e. The molecule has 0 aromatic heterocycles. The maximum atomic E-state index is 11.5. The van der Waals surface area contributed by atoms with Gasteiger partial charge in [-0.3, -0.25) is 19.3 Å². The van der Waals surface area contributed by atoms with Gasteiger partial charge < -0.3 is 9.84 Å². The molecule has 1 aliphatic heterocycles. The van der Waals surface area contributed by atoms with Gasteiger partial charge >= 0.3 is 11.9 Å². The highest BCUT2D eigenvalue weighted by Crippen LogP contribution is 2.16. The number of aliphatic carboxylic acids is 1. The van der Waals surface area contributed by atoms with Gasteiger partial charge in [-0.25, -0.2) is 4.79 Å². The molecule has 110 valence electrons. The minimum Gasteiger partial charge on any atom is -0.480 e. The lowest BCUT2D eigenvalue weighted by Gasteiger charge is -2.23. The Kier molecular flexibility index (Phi) is 4.65. The van der Waals surface area contributed by atoms with Gasteiger partial charge in [-0.15, -0.1) is 0 Å². The Hall–Kier alpha value is -2.18. The Morgan fingerprint density at radius 1 is 1.25 bits per heavy atom. The molecule has 0 radical (unpaired) electrons. The van der Waals surface area contributed by atoms with Crippen LogP contribution in [-0.2, 0) is 23.9 Å². The Morgan fingerprint density at radius 2 is 1.75 bits per heavy atom. The number of carboxylic acid groups (broad SMARTS) is 1. The van der Waals surface area contributed by atoms with Crippen LogP contribution in [-0.4, -0.2) is 45.4 Å². The number of nitrogens with zero attached hydrogens (tertiary/aromatic N) is 1. The molecule has 20 heavy (non-hydrogen) atoms. The van der Waals surface area contributed by atoms with Gasteiger partial charge in [0.1, 0.15) is 11.6 Å². The van der Waals surface area contributed by atoms with Gasteiger partial charge in [0.05, 0.1) is 0 Å². The van der Waals surface area contributed by atoms with Crippen molar-refractivity contribution in [3.8, 4) is 0 Å². The predicted octanol–water partition coefficient (Wildman–Crippen LogP) is 0.486. The lowest BCUT2D eigenvalue weighted by molar-refractivity contribution is -0.158. The summed E-state index contributed by atoms with van der Waals surface area (Å²) in [4.78, 5) is 46.2. The minimum absolute atomic E-state index is 0.177. The van der Waals surface area contributed by atoms with E-state index in [9.17, 15) is 19.2 Å². The fourth-order valence-electron chi connectivity index (χ4n) is 1.73. The van der Waals surface area contributed by atoms with Crippen molar-refractivity contribution >= 4 is 23.8 Å². The maximum absolute atomic E-state index is 11.5. The molecule has 0 aromatic rings. The third kappa shape index (κ3) is 4.18. The van der Waals surface area contributed by atoms with Crippen molar-refractivity contribution in [3.05, 3.63) is 12.2 Å². The van der Waals surface area contributed by atoms with Gasteiger partial charge in [-0.05, 0) is 27.2 Å². The van der Waals surface area contributed by atoms with Crippen molar-refractivity contribution in [2.24, 2.45) is 0 Å². The molecule has 1 N–H and O–H groups in total. The molecule has 7 heteroatoms. The Morgan fingerprint density at radius 3 is 2.15 bits per heavy atom. The van der Waals surface area contributed by atoms with E-state index >= 15 is 0 Å². The molecule has 0 aliphatic carbocycles. The summed E-state index contributed by atoms with van der Waals surface area (Å²) in [5.41, 5.74) is -0.670. The normalized spacial score (nSPS) is 16.4. The molecule has 1 heterocycles. The number of carboxylic acids is 1. The first-order valence-corrected chi connectivity index (χ1v) is 6.11. The summed E-state index contributed by atoms with van der Waals surface area (Å²) >= 11 is 0. The third-order valence-electron chi connectivity index (χ3n) is 2.48. The van der Waals surface area contributed by atoms with E-state index in [1.54, 1.807) is 20.8 Å². The zero-order valence-electron chi connectivity index (χ0n) is 11.6. The van der Waals surface area contributed by atoms with Crippen molar-refractivity contribution in [2.45, 2.75) is 45.3 Å². The first-order chi connectivity index (χ1) is 9.11. The maximum Gasteiger partial charge on any atom is 0.326 e. The topological polar surface area (TPSA) is 101 Å². The molecule has 0 spiro atoms. The van der Waals surface area contributed by atoms with Crippen molar-refractivity contribution < 1.29 is 29.0 Å². The molecule has 7 nitrogen and oxygen atoms in total. The molecule has 2 amide bonds. The summed E-state index contributed by atoms with van der Waals surface area (Å²) in [7, 11) is 0. The van der Waals surface area contributed by atoms with Gasteiger partial charge in [0.25, 0.3) is 11.8 Å². The predicted molar refractivity (Wildman–Crippen MR) is 67.5 cm³/mol. The number of hydrogen-bond acceptors (Lipinski definition) is 5. The zero-order chi connectivity index (χ0) is 15.5. The molecule has 0 bridgehead atoms. The highest BCUT2D eigenvalue weighted by atomic mass is 16.6. The Labute approximate surface area is 116 Å². The highest BCUT2D eigenvalue weighted by molar-refractivity contribution is 6.14. The number of rotatable bonds is 5. The van der Waals surface area contributed by atoms with Crippen LogP contribution in [0.15, 0.2) is 12.2 Å². The summed E-state index contributed by atoms with van der Waals surface area (Å²) in [5.74, 6) is -3.28. The zero-order valence-corrected chi connectivity index (χ0v) is 11.6. The number of carbonyl (C=O) groups is 4. The Balaban J connectivity index is 2.66. The van der Waals surface area contributed by atoms with E-state index in [4.69, 9.17) is 9.84 Å². The number of ether oxygens (including phenoxy) is 1. The first-order valence-electron chi connectivity index (χ1n) is 6.11. The van der Waals surface area contributed by atoms with Crippen molar-refractivity contribution in [3.63, 3.8) is 0 Å². The summed E-state index contributed by atoms with van der Waals surface area (Å²) in [6.45, 7) is 5.07. The lowest BCUT2D eigenvalue weighted by atomic mass is 10.1. The number of hydrogen-bond donors (Lipinski definition) is 1. The molecule has 1 rings (SSSR count). The van der Waals surface area contributed by atoms with Gasteiger partial charge in [0, 0.05) is 18.6 Å². The molecular weight excluding hydrogens is 266 g/mol. The van der Waals surface area contributed by atoms with E-state index in [-0.39, 0.29) is 12.8 Å². The van der Waals surface area contributed by atoms with E-state index in [0.29, 0.717) is 4.90 Å². The molecule has 0 aromatic carbocycles. The average Bonchev–Trinajstić information content (AvgIpc) is 2.58. The largest absolute Gasteiger partial charge is 0.480 e. The summed E-state index contributed by atoms with van der Waals surface area (Å²) in [6, 6.07) is -1.36. The molecule has 0 saturated carbocycles. The van der Waals surface area contributed by atoms with Gasteiger partial charge in [0.2, 0.25) is 0 Å². The standard InChI is InChI=1S/C13H17NO6/c1-13(2,3)20-11(17)7-4-8(12(18)19)14-9(15)5-6-10(14)16/h5-6,8H,4,7H2,1-3H3,(H,18,19). The lowest BCUT2D eigenvalue weighted by Crippen LogP contribution is -2.45. The van der Waals surface area contributed by atoms with Crippen LogP contribution in [0.25, 0.3) is 0 Å². The molecule has 1 unspecified atom stereocenters.